The number of nitrogens with zero attached hydrogens (tertiary/aromatic N) is 1. The highest BCUT2D eigenvalue weighted by molar-refractivity contribution is 7.99. The molecule has 0 saturated carbocycles. The molecule has 3 N–H and O–H groups in total. The molecule has 1 aromatic heterocycles. The zero-order valence-corrected chi connectivity index (χ0v) is 10.7. The van der Waals surface area contributed by atoms with Crippen LogP contribution in [0.3, 0.4) is 0 Å². The maximum Gasteiger partial charge on any atom is 0.416 e. The molecule has 1 heterocycles. The molecule has 0 saturated heterocycles. The van der Waals surface area contributed by atoms with Crippen LogP contribution in [-0.4, -0.2) is 4.98 Å². The van der Waals surface area contributed by atoms with Crippen molar-refractivity contribution in [1.82, 2.24) is 4.98 Å². The SMILES string of the molecule is NNc1cc(C(F)(F)F)cc(Sc2ccc(F)cc2)n1. The first-order chi connectivity index (χ1) is 9.38. The summed E-state index contributed by atoms with van der Waals surface area (Å²) in [5.41, 5.74) is 1.23. The first kappa shape index (κ1) is 14.6. The predicted molar refractivity (Wildman–Crippen MR) is 67.6 cm³/mol. The van der Waals surface area contributed by atoms with E-state index in [0.29, 0.717) is 4.90 Å². The molecule has 0 aliphatic heterocycles. The molecule has 8 heteroatoms. The Hall–Kier alpha value is -1.80. The van der Waals surface area contributed by atoms with Crippen LogP contribution in [0.25, 0.3) is 0 Å². The highest BCUT2D eigenvalue weighted by Gasteiger charge is 2.31. The van der Waals surface area contributed by atoms with Gasteiger partial charge in [0.25, 0.3) is 0 Å². The Bertz CT molecular complexity index is 599. The number of hydrogen-bond donors (Lipinski definition) is 2. The van der Waals surface area contributed by atoms with E-state index in [1.165, 1.54) is 24.3 Å². The van der Waals surface area contributed by atoms with Crippen molar-refractivity contribution in [1.29, 1.82) is 0 Å². The lowest BCUT2D eigenvalue weighted by molar-refractivity contribution is -0.137. The van der Waals surface area contributed by atoms with Crippen LogP contribution in [0.4, 0.5) is 23.4 Å². The van der Waals surface area contributed by atoms with Crippen LogP contribution < -0.4 is 11.3 Å². The number of nitrogen functional groups attached to an aromatic ring is 1. The van der Waals surface area contributed by atoms with Crippen LogP contribution in [0.1, 0.15) is 5.56 Å². The molecule has 0 bridgehead atoms. The normalized spacial score (nSPS) is 11.4. The number of hydrazine groups is 1. The third-order valence-electron chi connectivity index (χ3n) is 2.31. The third-order valence-corrected chi connectivity index (χ3v) is 3.24. The molecule has 0 atom stereocenters. The molecule has 0 aliphatic rings. The summed E-state index contributed by atoms with van der Waals surface area (Å²) in [5.74, 6) is 4.59. The van der Waals surface area contributed by atoms with Gasteiger partial charge in [-0.2, -0.15) is 13.2 Å². The molecule has 106 valence electrons. The fourth-order valence-electron chi connectivity index (χ4n) is 1.42. The van der Waals surface area contributed by atoms with Gasteiger partial charge in [-0.05, 0) is 36.4 Å². The topological polar surface area (TPSA) is 50.9 Å². The predicted octanol–water partition coefficient (Wildman–Crippen LogP) is 3.68. The second kappa shape index (κ2) is 5.68. The van der Waals surface area contributed by atoms with Gasteiger partial charge in [0.15, 0.2) is 0 Å². The number of halogens is 4. The minimum atomic E-state index is -4.49. The molecular formula is C12H9F4N3S. The van der Waals surface area contributed by atoms with Gasteiger partial charge in [-0.3, -0.25) is 0 Å². The van der Waals surface area contributed by atoms with Gasteiger partial charge in [0.2, 0.25) is 0 Å². The number of anilines is 1. The van der Waals surface area contributed by atoms with Crippen LogP contribution in [0.15, 0.2) is 46.3 Å². The first-order valence-corrected chi connectivity index (χ1v) is 6.19. The van der Waals surface area contributed by atoms with E-state index in [0.717, 1.165) is 23.9 Å². The largest absolute Gasteiger partial charge is 0.416 e. The quantitative estimate of drug-likeness (QED) is 0.516. The molecule has 20 heavy (non-hydrogen) atoms. The Kier molecular flexibility index (Phi) is 4.15. The van der Waals surface area contributed by atoms with Gasteiger partial charge in [0, 0.05) is 4.90 Å². The Morgan fingerprint density at radius 2 is 1.75 bits per heavy atom. The summed E-state index contributed by atoms with van der Waals surface area (Å²) in [4.78, 5) is 4.49. The molecule has 0 fully saturated rings. The molecule has 0 aliphatic carbocycles. The fourth-order valence-corrected chi connectivity index (χ4v) is 2.26. The Morgan fingerprint density at radius 3 is 2.30 bits per heavy atom. The van der Waals surface area contributed by atoms with Gasteiger partial charge in [0.1, 0.15) is 16.7 Å². The molecule has 0 radical (unpaired) electrons. The molecule has 0 amide bonds. The lowest BCUT2D eigenvalue weighted by Gasteiger charge is -2.10. The molecule has 2 aromatic rings. The summed E-state index contributed by atoms with van der Waals surface area (Å²) in [5, 5.41) is 0.111. The lowest BCUT2D eigenvalue weighted by atomic mass is 10.2. The van der Waals surface area contributed by atoms with E-state index < -0.39 is 17.6 Å². The van der Waals surface area contributed by atoms with Crippen LogP contribution in [0.5, 0.6) is 0 Å². The van der Waals surface area contributed by atoms with Crippen LogP contribution in [0.2, 0.25) is 0 Å². The van der Waals surface area contributed by atoms with Gasteiger partial charge in [-0.25, -0.2) is 15.2 Å². The number of hydrogen-bond acceptors (Lipinski definition) is 4. The molecule has 2 rings (SSSR count). The van der Waals surface area contributed by atoms with Crippen molar-refractivity contribution in [3.05, 3.63) is 47.8 Å². The average molecular weight is 303 g/mol. The maximum absolute atomic E-state index is 12.8. The number of aromatic nitrogens is 1. The number of rotatable bonds is 3. The Morgan fingerprint density at radius 1 is 1.10 bits per heavy atom. The van der Waals surface area contributed by atoms with E-state index in [4.69, 9.17) is 5.84 Å². The Balaban J connectivity index is 2.33. The summed E-state index contributed by atoms with van der Waals surface area (Å²) in [6, 6.07) is 7.08. The minimum Gasteiger partial charge on any atom is -0.308 e. The van der Waals surface area contributed by atoms with Gasteiger partial charge in [-0.15, -0.1) is 0 Å². The van der Waals surface area contributed by atoms with E-state index in [-0.39, 0.29) is 10.8 Å². The van der Waals surface area contributed by atoms with Gasteiger partial charge >= 0.3 is 6.18 Å². The summed E-state index contributed by atoms with van der Waals surface area (Å²) in [7, 11) is 0. The lowest BCUT2D eigenvalue weighted by Crippen LogP contribution is -2.12. The van der Waals surface area contributed by atoms with Crippen LogP contribution in [-0.2, 0) is 6.18 Å². The van der Waals surface area contributed by atoms with Crippen molar-refractivity contribution < 1.29 is 17.6 Å². The molecule has 3 nitrogen and oxygen atoms in total. The number of benzene rings is 1. The van der Waals surface area contributed by atoms with E-state index >= 15 is 0 Å². The second-order valence-electron chi connectivity index (χ2n) is 3.78. The highest BCUT2D eigenvalue weighted by Crippen LogP contribution is 2.34. The molecular weight excluding hydrogens is 294 g/mol. The van der Waals surface area contributed by atoms with E-state index in [2.05, 4.69) is 10.4 Å². The first-order valence-electron chi connectivity index (χ1n) is 5.38. The van der Waals surface area contributed by atoms with Crippen molar-refractivity contribution in [2.75, 3.05) is 5.43 Å². The number of pyridine rings is 1. The standard InChI is InChI=1S/C12H9F4N3S/c13-8-1-3-9(4-2-8)20-11-6-7(12(14,15)16)5-10(18-11)19-17/h1-6H,17H2,(H,18,19). The molecule has 0 unspecified atom stereocenters. The summed E-state index contributed by atoms with van der Waals surface area (Å²) in [6.07, 6.45) is -4.49. The number of alkyl halides is 3. The van der Waals surface area contributed by atoms with E-state index in [1.807, 2.05) is 0 Å². The van der Waals surface area contributed by atoms with Crippen molar-refractivity contribution in [3.8, 4) is 0 Å². The van der Waals surface area contributed by atoms with Gasteiger partial charge in [-0.1, -0.05) is 11.8 Å². The zero-order chi connectivity index (χ0) is 14.8. The van der Waals surface area contributed by atoms with E-state index in [9.17, 15) is 17.6 Å². The average Bonchev–Trinajstić information content (AvgIpc) is 2.40. The maximum atomic E-state index is 12.8. The molecule has 0 spiro atoms. The minimum absolute atomic E-state index is 0.0931. The van der Waals surface area contributed by atoms with Crippen molar-refractivity contribution in [2.45, 2.75) is 16.1 Å². The zero-order valence-electron chi connectivity index (χ0n) is 9.91. The van der Waals surface area contributed by atoms with Crippen molar-refractivity contribution in [2.24, 2.45) is 5.84 Å². The highest BCUT2D eigenvalue weighted by atomic mass is 32.2. The fraction of sp³-hybridized carbons (Fsp3) is 0.0833. The van der Waals surface area contributed by atoms with Gasteiger partial charge in [0.05, 0.1) is 5.56 Å². The monoisotopic (exact) mass is 303 g/mol. The smallest absolute Gasteiger partial charge is 0.308 e. The van der Waals surface area contributed by atoms with Gasteiger partial charge < -0.3 is 5.43 Å². The number of nitrogens with one attached hydrogen (secondary N) is 1. The molecule has 1 aromatic carbocycles. The summed E-state index contributed by atoms with van der Waals surface area (Å²) < 4.78 is 50.9. The summed E-state index contributed by atoms with van der Waals surface area (Å²) in [6.45, 7) is 0. The third kappa shape index (κ3) is 3.61. The summed E-state index contributed by atoms with van der Waals surface area (Å²) >= 11 is 0.983. The van der Waals surface area contributed by atoms with Crippen molar-refractivity contribution >= 4 is 17.6 Å². The van der Waals surface area contributed by atoms with Crippen LogP contribution in [0, 0.1) is 5.82 Å². The van der Waals surface area contributed by atoms with E-state index in [1.54, 1.807) is 0 Å². The van der Waals surface area contributed by atoms with Crippen LogP contribution >= 0.6 is 11.8 Å². The second-order valence-corrected chi connectivity index (χ2v) is 4.87. The number of nitrogens with two attached hydrogens (primary N) is 1. The Labute approximate surface area is 116 Å². The van der Waals surface area contributed by atoms with Crippen molar-refractivity contribution in [3.63, 3.8) is 0 Å².